The molecule has 146 valence electrons. The van der Waals surface area contributed by atoms with Crippen LogP contribution in [0.4, 0.5) is 0 Å². The molecule has 0 radical (unpaired) electrons. The topological polar surface area (TPSA) is 121 Å². The molecule has 3 rings (SSSR count). The maximum absolute atomic E-state index is 12.5. The largest absolute Gasteiger partial charge is 0.465 e. The van der Waals surface area contributed by atoms with E-state index >= 15 is 0 Å². The quantitative estimate of drug-likeness (QED) is 0.564. The molecule has 1 aromatic carbocycles. The average molecular weight is 405 g/mol. The first-order valence-electron chi connectivity index (χ1n) is 8.43. The number of aromatic nitrogens is 5. The maximum atomic E-state index is 12.5. The van der Waals surface area contributed by atoms with E-state index in [2.05, 4.69) is 20.6 Å². The number of fused-ring (bicyclic) bond motifs is 1. The third kappa shape index (κ3) is 4.52. The number of esters is 1. The molecule has 1 amide bonds. The molecule has 0 bridgehead atoms. The number of nitrogens with zero attached hydrogens (tertiary/aromatic N) is 5. The van der Waals surface area contributed by atoms with Gasteiger partial charge in [0.05, 0.1) is 13.2 Å². The van der Waals surface area contributed by atoms with Crippen molar-refractivity contribution in [1.29, 1.82) is 0 Å². The van der Waals surface area contributed by atoms with Gasteiger partial charge in [-0.2, -0.15) is 0 Å². The van der Waals surface area contributed by atoms with Crippen LogP contribution in [-0.4, -0.2) is 49.6 Å². The first-order chi connectivity index (χ1) is 13.5. The maximum Gasteiger partial charge on any atom is 0.325 e. The van der Waals surface area contributed by atoms with Crippen LogP contribution in [0, 0.1) is 0 Å². The summed E-state index contributed by atoms with van der Waals surface area (Å²) in [5.74, 6) is -1.08. The number of carbonyl (C=O) groups is 2. The number of carbonyl (C=O) groups excluding carboxylic acids is 2. The van der Waals surface area contributed by atoms with E-state index in [0.29, 0.717) is 17.2 Å². The highest BCUT2D eigenvalue weighted by molar-refractivity contribution is 6.30. The van der Waals surface area contributed by atoms with Crippen LogP contribution in [0.1, 0.15) is 12.5 Å². The van der Waals surface area contributed by atoms with E-state index in [1.165, 1.54) is 11.0 Å². The van der Waals surface area contributed by atoms with E-state index in [0.717, 1.165) is 10.1 Å². The summed E-state index contributed by atoms with van der Waals surface area (Å²) in [4.78, 5) is 39.9. The van der Waals surface area contributed by atoms with Crippen LogP contribution < -0.4 is 10.9 Å². The Hall–Kier alpha value is -3.27. The van der Waals surface area contributed by atoms with Crippen molar-refractivity contribution in [2.24, 2.45) is 0 Å². The highest BCUT2D eigenvalue weighted by Crippen LogP contribution is 2.12. The Balaban J connectivity index is 1.73. The molecule has 3 aromatic rings. The summed E-state index contributed by atoms with van der Waals surface area (Å²) in [7, 11) is 0. The highest BCUT2D eigenvalue weighted by atomic mass is 35.5. The van der Waals surface area contributed by atoms with E-state index < -0.39 is 17.4 Å². The van der Waals surface area contributed by atoms with Crippen LogP contribution in [0.15, 0.2) is 35.4 Å². The molecular weight excluding hydrogens is 388 g/mol. The molecule has 0 aliphatic heterocycles. The Morgan fingerprint density at radius 1 is 1.25 bits per heavy atom. The lowest BCUT2D eigenvalue weighted by Gasteiger charge is -2.07. The zero-order chi connectivity index (χ0) is 20.1. The minimum absolute atomic E-state index is 0.0506. The van der Waals surface area contributed by atoms with E-state index in [1.807, 2.05) is 12.1 Å². The molecule has 11 heteroatoms. The van der Waals surface area contributed by atoms with Gasteiger partial charge in [0.25, 0.3) is 5.56 Å². The second-order valence-electron chi connectivity index (χ2n) is 5.81. The number of rotatable bonds is 7. The molecule has 0 aliphatic carbocycles. The Bertz CT molecular complexity index is 1060. The zero-order valence-corrected chi connectivity index (χ0v) is 15.7. The summed E-state index contributed by atoms with van der Waals surface area (Å²) in [6.45, 7) is 1.68. The number of benzene rings is 1. The third-order valence-corrected chi connectivity index (χ3v) is 4.04. The average Bonchev–Trinajstić information content (AvgIpc) is 3.08. The van der Waals surface area contributed by atoms with Crippen molar-refractivity contribution in [3.05, 3.63) is 51.5 Å². The third-order valence-electron chi connectivity index (χ3n) is 3.79. The number of nitrogens with one attached hydrogen (secondary N) is 1. The van der Waals surface area contributed by atoms with Gasteiger partial charge in [0, 0.05) is 5.02 Å². The number of halogens is 1. The molecule has 0 saturated heterocycles. The molecule has 0 spiro atoms. The SMILES string of the molecule is CCOC(=O)CNC(=O)Cn1cnc2c(nnn2Cc2ccc(Cl)cc2)c1=O. The fourth-order valence-electron chi connectivity index (χ4n) is 2.46. The normalized spacial score (nSPS) is 10.8. The van der Waals surface area contributed by atoms with Gasteiger partial charge in [0.15, 0.2) is 11.2 Å². The van der Waals surface area contributed by atoms with Crippen molar-refractivity contribution in [1.82, 2.24) is 29.9 Å². The molecule has 28 heavy (non-hydrogen) atoms. The lowest BCUT2D eigenvalue weighted by atomic mass is 10.2. The molecule has 0 saturated carbocycles. The van der Waals surface area contributed by atoms with Gasteiger partial charge in [0.2, 0.25) is 5.91 Å². The summed E-state index contributed by atoms with van der Waals surface area (Å²) in [5, 5.41) is 10.9. The van der Waals surface area contributed by atoms with Gasteiger partial charge in [0.1, 0.15) is 19.4 Å². The van der Waals surface area contributed by atoms with Crippen LogP contribution >= 0.6 is 11.6 Å². The molecule has 10 nitrogen and oxygen atoms in total. The van der Waals surface area contributed by atoms with E-state index in [1.54, 1.807) is 19.1 Å². The number of hydrogen-bond acceptors (Lipinski definition) is 7. The molecule has 0 fully saturated rings. The first-order valence-corrected chi connectivity index (χ1v) is 8.81. The van der Waals surface area contributed by atoms with Crippen LogP contribution in [0.25, 0.3) is 11.2 Å². The summed E-state index contributed by atoms with van der Waals surface area (Å²) >= 11 is 5.87. The van der Waals surface area contributed by atoms with Gasteiger partial charge in [-0.05, 0) is 24.6 Å². The van der Waals surface area contributed by atoms with Gasteiger partial charge < -0.3 is 10.1 Å². The van der Waals surface area contributed by atoms with Crippen molar-refractivity contribution in [3.63, 3.8) is 0 Å². The van der Waals surface area contributed by atoms with Crippen molar-refractivity contribution >= 4 is 34.6 Å². The Morgan fingerprint density at radius 3 is 2.71 bits per heavy atom. The van der Waals surface area contributed by atoms with Crippen molar-refractivity contribution in [2.75, 3.05) is 13.2 Å². The molecular formula is C17H17ClN6O4. The zero-order valence-electron chi connectivity index (χ0n) is 15.0. The molecule has 0 atom stereocenters. The Kier molecular flexibility index (Phi) is 5.99. The molecule has 0 aliphatic rings. The predicted octanol–water partition coefficient (Wildman–Crippen LogP) is 0.369. The van der Waals surface area contributed by atoms with Crippen LogP contribution in [0.3, 0.4) is 0 Å². The predicted molar refractivity (Wildman–Crippen MR) is 99.8 cm³/mol. The van der Waals surface area contributed by atoms with Gasteiger partial charge in [-0.25, -0.2) is 9.67 Å². The fourth-order valence-corrected chi connectivity index (χ4v) is 2.59. The molecule has 2 heterocycles. The molecule has 1 N–H and O–H groups in total. The summed E-state index contributed by atoms with van der Waals surface area (Å²) < 4.78 is 7.31. The smallest absolute Gasteiger partial charge is 0.325 e. The lowest BCUT2D eigenvalue weighted by Crippen LogP contribution is -2.36. The second-order valence-corrected chi connectivity index (χ2v) is 6.24. The highest BCUT2D eigenvalue weighted by Gasteiger charge is 2.14. The van der Waals surface area contributed by atoms with Gasteiger partial charge >= 0.3 is 5.97 Å². The number of hydrogen-bond donors (Lipinski definition) is 1. The Labute approximate surface area is 164 Å². The van der Waals surface area contributed by atoms with Crippen LogP contribution in [0.5, 0.6) is 0 Å². The summed E-state index contributed by atoms with van der Waals surface area (Å²) in [6, 6.07) is 7.19. The Morgan fingerprint density at radius 2 is 2.00 bits per heavy atom. The number of amides is 1. The number of ether oxygens (including phenoxy) is 1. The van der Waals surface area contributed by atoms with Gasteiger partial charge in [-0.15, -0.1) is 5.10 Å². The minimum Gasteiger partial charge on any atom is -0.465 e. The van der Waals surface area contributed by atoms with E-state index in [-0.39, 0.29) is 25.2 Å². The van der Waals surface area contributed by atoms with Crippen molar-refractivity contribution < 1.29 is 14.3 Å². The van der Waals surface area contributed by atoms with Crippen molar-refractivity contribution in [2.45, 2.75) is 20.0 Å². The fraction of sp³-hybridized carbons (Fsp3) is 0.294. The minimum atomic E-state index is -0.554. The summed E-state index contributed by atoms with van der Waals surface area (Å²) in [5.41, 5.74) is 0.775. The summed E-state index contributed by atoms with van der Waals surface area (Å²) in [6.07, 6.45) is 1.25. The van der Waals surface area contributed by atoms with E-state index in [4.69, 9.17) is 16.3 Å². The standard InChI is InChI=1S/C17H17ClN6O4/c1-2-28-14(26)7-19-13(25)9-23-10-20-16-15(17(23)27)21-22-24(16)8-11-3-5-12(18)6-4-11/h3-6,10H,2,7-9H2,1H3,(H,19,25). The second kappa shape index (κ2) is 8.61. The van der Waals surface area contributed by atoms with Crippen LogP contribution in [0.2, 0.25) is 5.02 Å². The molecule has 2 aromatic heterocycles. The van der Waals surface area contributed by atoms with Crippen LogP contribution in [-0.2, 0) is 27.4 Å². The lowest BCUT2D eigenvalue weighted by molar-refractivity contribution is -0.143. The van der Waals surface area contributed by atoms with Gasteiger partial charge in [-0.1, -0.05) is 28.9 Å². The monoisotopic (exact) mass is 404 g/mol. The van der Waals surface area contributed by atoms with Crippen molar-refractivity contribution in [3.8, 4) is 0 Å². The van der Waals surface area contributed by atoms with E-state index in [9.17, 15) is 14.4 Å². The molecule has 0 unspecified atom stereocenters. The first kappa shape index (κ1) is 19.5. The van der Waals surface area contributed by atoms with Gasteiger partial charge in [-0.3, -0.25) is 19.0 Å².